The van der Waals surface area contributed by atoms with Gasteiger partial charge in [0, 0.05) is 30.5 Å². The van der Waals surface area contributed by atoms with Gasteiger partial charge in [0.05, 0.1) is 18.2 Å². The molecule has 18 heavy (non-hydrogen) atoms. The third-order valence-corrected chi connectivity index (χ3v) is 3.55. The summed E-state index contributed by atoms with van der Waals surface area (Å²) in [5, 5.41) is 3.53. The topological polar surface area (TPSA) is 42.7 Å². The zero-order valence-electron chi connectivity index (χ0n) is 10.4. The molecule has 1 unspecified atom stereocenters. The summed E-state index contributed by atoms with van der Waals surface area (Å²) < 4.78 is 2.22. The summed E-state index contributed by atoms with van der Waals surface area (Å²) in [6.07, 6.45) is 11.3. The van der Waals surface area contributed by atoms with Gasteiger partial charge in [0.25, 0.3) is 0 Å². The second-order valence-electron chi connectivity index (χ2n) is 4.80. The number of rotatable bonds is 4. The first-order valence-corrected chi connectivity index (χ1v) is 6.57. The van der Waals surface area contributed by atoms with Crippen LogP contribution >= 0.6 is 0 Å². The molecule has 2 aromatic heterocycles. The van der Waals surface area contributed by atoms with Crippen LogP contribution in [0.5, 0.6) is 0 Å². The number of nitrogens with one attached hydrogen (secondary N) is 1. The van der Waals surface area contributed by atoms with Gasteiger partial charge in [0.2, 0.25) is 0 Å². The summed E-state index contributed by atoms with van der Waals surface area (Å²) in [6, 6.07) is 4.72. The van der Waals surface area contributed by atoms with Crippen LogP contribution in [0.15, 0.2) is 37.1 Å². The molecule has 1 atom stereocenters. The van der Waals surface area contributed by atoms with Crippen LogP contribution in [-0.2, 0) is 6.54 Å². The molecule has 0 radical (unpaired) electrons. The molecular formula is C14H18N4. The Bertz CT molecular complexity index is 486. The Hall–Kier alpha value is -1.68. The molecule has 1 aliphatic rings. The Kier molecular flexibility index (Phi) is 3.37. The Morgan fingerprint density at radius 2 is 2.33 bits per heavy atom. The Labute approximate surface area is 107 Å². The van der Waals surface area contributed by atoms with E-state index < -0.39 is 0 Å². The maximum absolute atomic E-state index is 4.26. The number of pyridine rings is 1. The molecular weight excluding hydrogens is 224 g/mol. The highest BCUT2D eigenvalue weighted by atomic mass is 15.1. The minimum absolute atomic E-state index is 0.675. The van der Waals surface area contributed by atoms with Crippen LogP contribution in [0.4, 0.5) is 0 Å². The molecule has 3 heterocycles. The molecule has 4 nitrogen and oxygen atoms in total. The predicted molar refractivity (Wildman–Crippen MR) is 71.1 cm³/mol. The van der Waals surface area contributed by atoms with Crippen LogP contribution in [-0.4, -0.2) is 27.1 Å². The second kappa shape index (κ2) is 5.31. The van der Waals surface area contributed by atoms with E-state index in [-0.39, 0.29) is 0 Å². The summed E-state index contributed by atoms with van der Waals surface area (Å²) in [4.78, 5) is 8.42. The molecule has 4 heteroatoms. The molecule has 1 fully saturated rings. The van der Waals surface area contributed by atoms with Crippen LogP contribution in [0.3, 0.4) is 0 Å². The summed E-state index contributed by atoms with van der Waals surface area (Å²) in [5.74, 6) is 0. The number of imidazole rings is 1. The van der Waals surface area contributed by atoms with Gasteiger partial charge in [0.1, 0.15) is 0 Å². The smallest absolute Gasteiger partial charge is 0.0950 e. The van der Waals surface area contributed by atoms with E-state index in [1.54, 1.807) is 6.20 Å². The first-order chi connectivity index (χ1) is 8.93. The monoisotopic (exact) mass is 242 g/mol. The molecule has 0 amide bonds. The zero-order chi connectivity index (χ0) is 12.2. The van der Waals surface area contributed by atoms with E-state index in [1.807, 2.05) is 24.8 Å². The Morgan fingerprint density at radius 1 is 1.33 bits per heavy atom. The molecule has 2 aromatic rings. The number of aryl methyl sites for hydroxylation is 1. The quantitative estimate of drug-likeness (QED) is 0.892. The molecule has 1 saturated heterocycles. The lowest BCUT2D eigenvalue weighted by Crippen LogP contribution is -2.22. The standard InChI is InChI=1S/C14H18N4/c1-3-12(9-15-6-1)14-10-16-11-18(14)8-5-13-4-2-7-17-13/h1,3,6,9-11,13,17H,2,4-5,7-8H2. The normalized spacial score (nSPS) is 19.2. The maximum atomic E-state index is 4.26. The second-order valence-corrected chi connectivity index (χ2v) is 4.80. The third kappa shape index (κ3) is 2.43. The van der Waals surface area contributed by atoms with Crippen LogP contribution in [0.1, 0.15) is 19.3 Å². The highest BCUT2D eigenvalue weighted by Gasteiger charge is 2.14. The van der Waals surface area contributed by atoms with E-state index >= 15 is 0 Å². The van der Waals surface area contributed by atoms with Crippen molar-refractivity contribution >= 4 is 0 Å². The SMILES string of the molecule is c1cncc(-c2cncn2CCC2CCCN2)c1. The minimum atomic E-state index is 0.675. The molecule has 94 valence electrons. The van der Waals surface area contributed by atoms with E-state index in [1.165, 1.54) is 25.8 Å². The van der Waals surface area contributed by atoms with Gasteiger partial charge in [0.15, 0.2) is 0 Å². The first-order valence-electron chi connectivity index (χ1n) is 6.57. The van der Waals surface area contributed by atoms with Crippen molar-refractivity contribution in [3.05, 3.63) is 37.1 Å². The van der Waals surface area contributed by atoms with Crippen molar-refractivity contribution in [1.82, 2.24) is 19.9 Å². The lowest BCUT2D eigenvalue weighted by atomic mass is 10.1. The lowest BCUT2D eigenvalue weighted by Gasteiger charge is -2.12. The Morgan fingerprint density at radius 3 is 3.11 bits per heavy atom. The molecule has 0 spiro atoms. The molecule has 3 rings (SSSR count). The van der Waals surface area contributed by atoms with Gasteiger partial charge >= 0.3 is 0 Å². The highest BCUT2D eigenvalue weighted by molar-refractivity contribution is 5.57. The molecule has 1 aliphatic heterocycles. The first kappa shape index (κ1) is 11.4. The molecule has 0 aliphatic carbocycles. The van der Waals surface area contributed by atoms with Crippen LogP contribution in [0.25, 0.3) is 11.3 Å². The fourth-order valence-corrected chi connectivity index (χ4v) is 2.55. The fourth-order valence-electron chi connectivity index (χ4n) is 2.55. The van der Waals surface area contributed by atoms with E-state index in [2.05, 4.69) is 25.9 Å². The molecule has 0 aromatic carbocycles. The Balaban J connectivity index is 1.71. The van der Waals surface area contributed by atoms with Crippen molar-refractivity contribution in [3.8, 4) is 11.3 Å². The fraction of sp³-hybridized carbons (Fsp3) is 0.429. The lowest BCUT2D eigenvalue weighted by molar-refractivity contribution is 0.507. The van der Waals surface area contributed by atoms with Crippen molar-refractivity contribution in [2.45, 2.75) is 31.8 Å². The summed E-state index contributed by atoms with van der Waals surface area (Å²) in [6.45, 7) is 2.19. The summed E-state index contributed by atoms with van der Waals surface area (Å²) in [5.41, 5.74) is 2.29. The van der Waals surface area contributed by atoms with Gasteiger partial charge in [-0.3, -0.25) is 4.98 Å². The number of aromatic nitrogens is 3. The highest BCUT2D eigenvalue weighted by Crippen LogP contribution is 2.18. The van der Waals surface area contributed by atoms with E-state index in [9.17, 15) is 0 Å². The molecule has 0 bridgehead atoms. The summed E-state index contributed by atoms with van der Waals surface area (Å²) >= 11 is 0. The van der Waals surface area contributed by atoms with E-state index in [0.29, 0.717) is 6.04 Å². The van der Waals surface area contributed by atoms with Crippen molar-refractivity contribution in [3.63, 3.8) is 0 Å². The minimum Gasteiger partial charge on any atom is -0.331 e. The number of hydrogen-bond acceptors (Lipinski definition) is 3. The third-order valence-electron chi connectivity index (χ3n) is 3.55. The largest absolute Gasteiger partial charge is 0.331 e. The van der Waals surface area contributed by atoms with Crippen molar-refractivity contribution in [2.75, 3.05) is 6.54 Å². The molecule has 0 saturated carbocycles. The van der Waals surface area contributed by atoms with Crippen LogP contribution < -0.4 is 5.32 Å². The number of nitrogens with zero attached hydrogens (tertiary/aromatic N) is 3. The van der Waals surface area contributed by atoms with Gasteiger partial charge in [-0.1, -0.05) is 0 Å². The molecule has 1 N–H and O–H groups in total. The van der Waals surface area contributed by atoms with E-state index in [4.69, 9.17) is 0 Å². The van der Waals surface area contributed by atoms with Crippen molar-refractivity contribution in [2.24, 2.45) is 0 Å². The van der Waals surface area contributed by atoms with Gasteiger partial charge in [-0.25, -0.2) is 4.98 Å². The summed E-state index contributed by atoms with van der Waals surface area (Å²) in [7, 11) is 0. The van der Waals surface area contributed by atoms with E-state index in [0.717, 1.165) is 17.8 Å². The van der Waals surface area contributed by atoms with Gasteiger partial charge in [-0.2, -0.15) is 0 Å². The average Bonchev–Trinajstić information content (AvgIpc) is 3.09. The van der Waals surface area contributed by atoms with Crippen molar-refractivity contribution < 1.29 is 0 Å². The van der Waals surface area contributed by atoms with Crippen molar-refractivity contribution in [1.29, 1.82) is 0 Å². The maximum Gasteiger partial charge on any atom is 0.0950 e. The van der Waals surface area contributed by atoms with Gasteiger partial charge < -0.3 is 9.88 Å². The van der Waals surface area contributed by atoms with Gasteiger partial charge in [-0.15, -0.1) is 0 Å². The van der Waals surface area contributed by atoms with Gasteiger partial charge in [-0.05, 0) is 37.9 Å². The van der Waals surface area contributed by atoms with Crippen LogP contribution in [0.2, 0.25) is 0 Å². The zero-order valence-corrected chi connectivity index (χ0v) is 10.4. The predicted octanol–water partition coefficient (Wildman–Crippen LogP) is 2.09. The average molecular weight is 242 g/mol. The number of hydrogen-bond donors (Lipinski definition) is 1. The van der Waals surface area contributed by atoms with Crippen LogP contribution in [0, 0.1) is 0 Å².